The molecule has 0 spiro atoms. The van der Waals surface area contributed by atoms with Gasteiger partial charge in [-0.1, -0.05) is 36.8 Å². The normalized spacial score (nSPS) is 23.3. The summed E-state index contributed by atoms with van der Waals surface area (Å²) in [6, 6.07) is 14.4. The number of benzene rings is 1. The molecular formula is C22H26N2O2. The highest BCUT2D eigenvalue weighted by Gasteiger charge is 2.36. The van der Waals surface area contributed by atoms with E-state index in [1.165, 1.54) is 12.0 Å². The van der Waals surface area contributed by atoms with Gasteiger partial charge < -0.3 is 9.64 Å². The molecule has 4 nitrogen and oxygen atoms in total. The summed E-state index contributed by atoms with van der Waals surface area (Å²) in [5.74, 6) is 1.74. The Morgan fingerprint density at radius 1 is 1.12 bits per heavy atom. The minimum atomic E-state index is 0.116. The molecule has 1 amide bonds. The number of nitrogens with zero attached hydrogens (tertiary/aromatic N) is 2. The molecule has 0 N–H and O–H groups in total. The summed E-state index contributed by atoms with van der Waals surface area (Å²) in [6.45, 7) is 1.58. The third-order valence-electron chi connectivity index (χ3n) is 5.69. The van der Waals surface area contributed by atoms with Crippen LogP contribution in [0.4, 0.5) is 0 Å². The van der Waals surface area contributed by atoms with Gasteiger partial charge in [0.05, 0.1) is 6.20 Å². The molecule has 2 fully saturated rings. The summed E-state index contributed by atoms with van der Waals surface area (Å²) in [5.41, 5.74) is 1.30. The Morgan fingerprint density at radius 2 is 1.96 bits per heavy atom. The molecule has 1 saturated carbocycles. The number of ether oxygens (including phenoxy) is 1. The van der Waals surface area contributed by atoms with Crippen LogP contribution < -0.4 is 4.74 Å². The third kappa shape index (κ3) is 3.90. The molecule has 2 atom stereocenters. The molecule has 1 aromatic carbocycles. The second-order valence-electron chi connectivity index (χ2n) is 7.50. The zero-order valence-electron chi connectivity index (χ0n) is 15.1. The Labute approximate surface area is 155 Å². The molecule has 2 aliphatic rings. The van der Waals surface area contributed by atoms with Crippen molar-refractivity contribution in [3.05, 3.63) is 60.4 Å². The maximum Gasteiger partial charge on any atom is 0.225 e. The van der Waals surface area contributed by atoms with Gasteiger partial charge in [-0.25, -0.2) is 0 Å². The number of carbonyl (C=O) groups excluding carboxylic acids is 1. The molecular weight excluding hydrogens is 324 g/mol. The van der Waals surface area contributed by atoms with E-state index in [2.05, 4.69) is 34.1 Å². The maximum atomic E-state index is 12.7. The Morgan fingerprint density at radius 3 is 2.65 bits per heavy atom. The number of amides is 1. The first kappa shape index (κ1) is 17.1. The van der Waals surface area contributed by atoms with E-state index < -0.39 is 0 Å². The maximum absolute atomic E-state index is 12.7. The van der Waals surface area contributed by atoms with E-state index in [4.69, 9.17) is 4.74 Å². The van der Waals surface area contributed by atoms with Crippen LogP contribution in [-0.2, 0) is 11.2 Å². The lowest BCUT2D eigenvalue weighted by Gasteiger charge is -2.41. The van der Waals surface area contributed by atoms with Crippen molar-refractivity contribution in [1.82, 2.24) is 9.88 Å². The summed E-state index contributed by atoms with van der Waals surface area (Å²) in [4.78, 5) is 19.0. The molecule has 4 heteroatoms. The summed E-state index contributed by atoms with van der Waals surface area (Å²) in [5, 5.41) is 0. The predicted octanol–water partition coefficient (Wildman–Crippen LogP) is 3.72. The van der Waals surface area contributed by atoms with Gasteiger partial charge in [-0.15, -0.1) is 0 Å². The smallest absolute Gasteiger partial charge is 0.225 e. The molecule has 136 valence electrons. The van der Waals surface area contributed by atoms with Gasteiger partial charge in [-0.2, -0.15) is 0 Å². The van der Waals surface area contributed by atoms with Crippen molar-refractivity contribution in [3.8, 4) is 5.75 Å². The van der Waals surface area contributed by atoms with Gasteiger partial charge in [0.2, 0.25) is 5.91 Å². The quantitative estimate of drug-likeness (QED) is 0.825. The minimum Gasteiger partial charge on any atom is -0.488 e. The first-order valence-electron chi connectivity index (χ1n) is 9.69. The molecule has 1 aliphatic heterocycles. The highest BCUT2D eigenvalue weighted by atomic mass is 16.5. The average Bonchev–Trinajstić information content (AvgIpc) is 2.63. The van der Waals surface area contributed by atoms with Crippen molar-refractivity contribution in [3.63, 3.8) is 0 Å². The average molecular weight is 350 g/mol. The molecule has 2 heterocycles. The SMILES string of the molecule is O=C(C1CCC1)N1CC[C@H](Oc2cccnc2)[C@H](Cc2ccccc2)C1. The summed E-state index contributed by atoms with van der Waals surface area (Å²) in [6.07, 6.45) is 8.78. The molecule has 0 bridgehead atoms. The van der Waals surface area contributed by atoms with E-state index >= 15 is 0 Å². The molecule has 1 saturated heterocycles. The first-order valence-corrected chi connectivity index (χ1v) is 9.69. The Bertz CT molecular complexity index is 715. The van der Waals surface area contributed by atoms with Crippen molar-refractivity contribution in [2.24, 2.45) is 11.8 Å². The highest BCUT2D eigenvalue weighted by Crippen LogP contribution is 2.32. The van der Waals surface area contributed by atoms with Gasteiger partial charge in [0, 0.05) is 37.5 Å². The standard InChI is InChI=1S/C22H26N2O2/c25-22(18-8-4-9-18)24-13-11-21(26-20-10-5-12-23-15-20)19(16-24)14-17-6-2-1-3-7-17/h1-3,5-7,10,12,15,18-19,21H,4,8-9,11,13-14,16H2/t19-,21+/m1/s1. The van der Waals surface area contributed by atoms with Crippen LogP contribution in [0.25, 0.3) is 0 Å². The molecule has 2 aromatic rings. The fourth-order valence-electron chi connectivity index (χ4n) is 3.98. The number of likely N-dealkylation sites (tertiary alicyclic amines) is 1. The van der Waals surface area contributed by atoms with Crippen LogP contribution in [0, 0.1) is 11.8 Å². The third-order valence-corrected chi connectivity index (χ3v) is 5.69. The summed E-state index contributed by atoms with van der Waals surface area (Å²) >= 11 is 0. The van der Waals surface area contributed by atoms with Crippen molar-refractivity contribution >= 4 is 5.91 Å². The van der Waals surface area contributed by atoms with Crippen LogP contribution in [0.3, 0.4) is 0 Å². The number of carbonyl (C=O) groups is 1. The van der Waals surface area contributed by atoms with Gasteiger partial charge in [-0.3, -0.25) is 9.78 Å². The van der Waals surface area contributed by atoms with E-state index in [1.807, 2.05) is 18.2 Å². The molecule has 1 aromatic heterocycles. The van der Waals surface area contributed by atoms with Gasteiger partial charge >= 0.3 is 0 Å². The highest BCUT2D eigenvalue weighted by molar-refractivity contribution is 5.79. The summed E-state index contributed by atoms with van der Waals surface area (Å²) in [7, 11) is 0. The molecule has 26 heavy (non-hydrogen) atoms. The zero-order valence-corrected chi connectivity index (χ0v) is 15.1. The number of rotatable bonds is 5. The lowest BCUT2D eigenvalue weighted by atomic mass is 9.82. The van der Waals surface area contributed by atoms with E-state index in [1.54, 1.807) is 12.4 Å². The Hall–Kier alpha value is -2.36. The van der Waals surface area contributed by atoms with Gasteiger partial charge in [0.15, 0.2) is 0 Å². The van der Waals surface area contributed by atoms with Crippen molar-refractivity contribution in [1.29, 1.82) is 0 Å². The van der Waals surface area contributed by atoms with E-state index in [-0.39, 0.29) is 12.0 Å². The van der Waals surface area contributed by atoms with E-state index in [0.29, 0.717) is 11.8 Å². The fraction of sp³-hybridized carbons (Fsp3) is 0.455. The lowest BCUT2D eigenvalue weighted by molar-refractivity contribution is -0.141. The largest absolute Gasteiger partial charge is 0.488 e. The van der Waals surface area contributed by atoms with Gasteiger partial charge in [0.1, 0.15) is 11.9 Å². The molecule has 0 unspecified atom stereocenters. The molecule has 4 rings (SSSR count). The van der Waals surface area contributed by atoms with E-state index in [9.17, 15) is 4.79 Å². The second kappa shape index (κ2) is 7.90. The lowest BCUT2D eigenvalue weighted by Crippen LogP contribution is -2.51. The predicted molar refractivity (Wildman–Crippen MR) is 101 cm³/mol. The van der Waals surface area contributed by atoms with Crippen LogP contribution in [0.1, 0.15) is 31.2 Å². The second-order valence-corrected chi connectivity index (χ2v) is 7.50. The van der Waals surface area contributed by atoms with Crippen molar-refractivity contribution < 1.29 is 9.53 Å². The number of piperidine rings is 1. The number of hydrogen-bond donors (Lipinski definition) is 0. The zero-order chi connectivity index (χ0) is 17.8. The summed E-state index contributed by atoms with van der Waals surface area (Å²) < 4.78 is 6.27. The Balaban J connectivity index is 1.48. The van der Waals surface area contributed by atoms with Gasteiger partial charge in [0.25, 0.3) is 0 Å². The van der Waals surface area contributed by atoms with Crippen molar-refractivity contribution in [2.75, 3.05) is 13.1 Å². The van der Waals surface area contributed by atoms with Crippen LogP contribution >= 0.6 is 0 Å². The fourth-order valence-corrected chi connectivity index (χ4v) is 3.98. The van der Waals surface area contributed by atoms with Crippen LogP contribution in [0.5, 0.6) is 5.75 Å². The Kier molecular flexibility index (Phi) is 5.19. The molecule has 1 aliphatic carbocycles. The molecule has 0 radical (unpaired) electrons. The first-order chi connectivity index (χ1) is 12.8. The van der Waals surface area contributed by atoms with Crippen LogP contribution in [0.15, 0.2) is 54.9 Å². The number of hydrogen-bond acceptors (Lipinski definition) is 3. The van der Waals surface area contributed by atoms with Gasteiger partial charge in [-0.05, 0) is 37.0 Å². The number of aromatic nitrogens is 1. The number of pyridine rings is 1. The monoisotopic (exact) mass is 350 g/mol. The topological polar surface area (TPSA) is 42.4 Å². The van der Waals surface area contributed by atoms with Crippen molar-refractivity contribution in [2.45, 2.75) is 38.2 Å². The van der Waals surface area contributed by atoms with Crippen LogP contribution in [-0.4, -0.2) is 35.0 Å². The minimum absolute atomic E-state index is 0.116. The van der Waals surface area contributed by atoms with E-state index in [0.717, 1.165) is 44.5 Å². The van der Waals surface area contributed by atoms with Crippen LogP contribution in [0.2, 0.25) is 0 Å².